The number of carbonyl (C=O) groups is 3. The van der Waals surface area contributed by atoms with Crippen LogP contribution < -0.4 is 15.9 Å². The van der Waals surface area contributed by atoms with Crippen LogP contribution in [0, 0.1) is 11.8 Å². The van der Waals surface area contributed by atoms with Gasteiger partial charge in [0, 0.05) is 5.92 Å². The topological polar surface area (TPSA) is 69.7 Å². The summed E-state index contributed by atoms with van der Waals surface area (Å²) in [4.78, 5) is 37.3. The van der Waals surface area contributed by atoms with Gasteiger partial charge >= 0.3 is 11.9 Å². The summed E-state index contributed by atoms with van der Waals surface area (Å²) in [7, 11) is -1.03. The van der Waals surface area contributed by atoms with Gasteiger partial charge in [0.25, 0.3) is 0 Å². The van der Waals surface area contributed by atoms with E-state index in [1.54, 1.807) is 32.9 Å². The first kappa shape index (κ1) is 26.3. The number of esters is 2. The maximum atomic E-state index is 13.5. The van der Waals surface area contributed by atoms with Gasteiger partial charge in [-0.25, -0.2) is 4.79 Å². The first-order valence-electron chi connectivity index (χ1n) is 11.8. The van der Waals surface area contributed by atoms with Gasteiger partial charge in [-0.3, -0.25) is 4.79 Å². The van der Waals surface area contributed by atoms with Crippen LogP contribution >= 0.6 is 7.92 Å². The molecule has 0 bridgehead atoms. The zero-order valence-corrected chi connectivity index (χ0v) is 21.2. The number of rotatable bonds is 11. The van der Waals surface area contributed by atoms with Gasteiger partial charge in [-0.15, -0.1) is 0 Å². The second kappa shape index (κ2) is 13.0. The van der Waals surface area contributed by atoms with E-state index in [0.29, 0.717) is 5.56 Å². The van der Waals surface area contributed by atoms with E-state index in [-0.39, 0.29) is 18.9 Å². The zero-order chi connectivity index (χ0) is 25.2. The van der Waals surface area contributed by atoms with Crippen molar-refractivity contribution in [2.75, 3.05) is 6.61 Å². The molecule has 3 rings (SSSR count). The van der Waals surface area contributed by atoms with Gasteiger partial charge < -0.3 is 14.3 Å². The predicted octanol–water partition coefficient (Wildman–Crippen LogP) is 4.39. The minimum absolute atomic E-state index is 0.231. The number of ether oxygens (including phenoxy) is 2. The highest BCUT2D eigenvalue weighted by molar-refractivity contribution is 7.80. The minimum Gasteiger partial charge on any atom is -0.466 e. The van der Waals surface area contributed by atoms with Crippen LogP contribution in [0.3, 0.4) is 0 Å². The first-order chi connectivity index (χ1) is 17.0. The van der Waals surface area contributed by atoms with Crippen LogP contribution in [0.15, 0.2) is 84.9 Å². The van der Waals surface area contributed by atoms with Crippen molar-refractivity contribution in [2.24, 2.45) is 11.8 Å². The molecule has 3 unspecified atom stereocenters. The number of benzene rings is 3. The summed E-state index contributed by atoms with van der Waals surface area (Å²) < 4.78 is 11.1. The Morgan fingerprint density at radius 3 is 1.94 bits per heavy atom. The van der Waals surface area contributed by atoms with Crippen LogP contribution in [-0.4, -0.2) is 30.9 Å². The molecule has 6 heteroatoms. The molecule has 3 aromatic carbocycles. The highest BCUT2D eigenvalue weighted by Crippen LogP contribution is 2.34. The van der Waals surface area contributed by atoms with E-state index in [2.05, 4.69) is 24.3 Å². The summed E-state index contributed by atoms with van der Waals surface area (Å²) in [6, 6.07) is 27.6. The van der Waals surface area contributed by atoms with Gasteiger partial charge in [0.1, 0.15) is 12.4 Å². The summed E-state index contributed by atoms with van der Waals surface area (Å²) in [6.45, 7) is 5.36. The molecule has 0 fully saturated rings. The zero-order valence-electron chi connectivity index (χ0n) is 20.3. The average molecular weight is 491 g/mol. The maximum absolute atomic E-state index is 13.5. The van der Waals surface area contributed by atoms with Gasteiger partial charge in [0.15, 0.2) is 0 Å². The predicted molar refractivity (Wildman–Crippen MR) is 140 cm³/mol. The molecule has 0 aromatic heterocycles. The van der Waals surface area contributed by atoms with Crippen LogP contribution in [0.25, 0.3) is 0 Å². The van der Waals surface area contributed by atoms with Crippen LogP contribution in [0.2, 0.25) is 0 Å². The Morgan fingerprint density at radius 2 is 1.40 bits per heavy atom. The van der Waals surface area contributed by atoms with E-state index < -0.39 is 31.9 Å². The number of hydrogen-bond acceptors (Lipinski definition) is 5. The third-order valence-electron chi connectivity index (χ3n) is 5.70. The monoisotopic (exact) mass is 490 g/mol. The van der Waals surface area contributed by atoms with Crippen molar-refractivity contribution in [1.29, 1.82) is 0 Å². The van der Waals surface area contributed by atoms with Crippen molar-refractivity contribution in [1.82, 2.24) is 0 Å². The highest BCUT2D eigenvalue weighted by atomic mass is 31.1. The quantitative estimate of drug-likeness (QED) is 0.227. The molecule has 0 radical (unpaired) electrons. The molecule has 35 heavy (non-hydrogen) atoms. The number of hydrogen-bond donors (Lipinski definition) is 0. The van der Waals surface area contributed by atoms with Crippen molar-refractivity contribution >= 4 is 42.1 Å². The number of carbonyl (C=O) groups excluding carboxylic acids is 3. The Kier molecular flexibility index (Phi) is 9.75. The van der Waals surface area contributed by atoms with Gasteiger partial charge in [0.2, 0.25) is 0 Å². The molecule has 182 valence electrons. The van der Waals surface area contributed by atoms with Crippen molar-refractivity contribution in [3.05, 3.63) is 90.5 Å². The van der Waals surface area contributed by atoms with Crippen LogP contribution in [0.5, 0.6) is 0 Å². The largest absolute Gasteiger partial charge is 0.466 e. The van der Waals surface area contributed by atoms with Gasteiger partial charge in [0.05, 0.1) is 18.1 Å². The van der Waals surface area contributed by atoms with E-state index >= 15 is 0 Å². The molecule has 0 saturated heterocycles. The molecule has 0 aliphatic carbocycles. The lowest BCUT2D eigenvalue weighted by Crippen LogP contribution is -2.35. The fourth-order valence-corrected chi connectivity index (χ4v) is 6.26. The van der Waals surface area contributed by atoms with Gasteiger partial charge in [-0.1, -0.05) is 85.8 Å². The number of aldehydes is 1. The molecule has 0 N–H and O–H groups in total. The molecule has 5 nitrogen and oxygen atoms in total. The van der Waals surface area contributed by atoms with Crippen molar-refractivity contribution < 1.29 is 23.9 Å². The molecule has 0 heterocycles. The summed E-state index contributed by atoms with van der Waals surface area (Å²) in [5, 5.41) is 3.09. The fraction of sp³-hybridized carbons (Fsp3) is 0.276. The summed E-state index contributed by atoms with van der Waals surface area (Å²) in [5.41, 5.74) is 0.450. The second-order valence-corrected chi connectivity index (χ2v) is 10.5. The fourth-order valence-electron chi connectivity index (χ4n) is 3.83. The molecule has 0 aliphatic rings. The molecule has 0 saturated carbocycles. The third kappa shape index (κ3) is 6.86. The van der Waals surface area contributed by atoms with Gasteiger partial charge in [-0.05, 0) is 50.2 Å². The molecule has 0 amide bonds. The smallest absolute Gasteiger partial charge is 0.339 e. The van der Waals surface area contributed by atoms with E-state index in [4.69, 9.17) is 9.47 Å². The lowest BCUT2D eigenvalue weighted by molar-refractivity contribution is -0.151. The maximum Gasteiger partial charge on any atom is 0.339 e. The highest BCUT2D eigenvalue weighted by Gasteiger charge is 2.32. The normalized spacial score (nSPS) is 13.5. The summed E-state index contributed by atoms with van der Waals surface area (Å²) in [5.74, 6) is -2.03. The third-order valence-corrected chi connectivity index (χ3v) is 8.21. The standard InChI is InChI=1S/C29H31O5P/c1-4-33-28(31)22(3)26(19-21(2)20-30)34-29(32)25-17-11-12-18-27(25)35(23-13-7-5-8-14-23)24-15-9-6-10-16-24/h5-18,20-22,26H,4,19H2,1-3H3. The summed E-state index contributed by atoms with van der Waals surface area (Å²) in [6.07, 6.45) is 0.259. The Morgan fingerprint density at radius 1 is 0.857 bits per heavy atom. The molecule has 3 atom stereocenters. The van der Waals surface area contributed by atoms with Crippen molar-refractivity contribution in [2.45, 2.75) is 33.3 Å². The Hall–Kier alpha value is -3.30. The van der Waals surface area contributed by atoms with Crippen LogP contribution in [-0.2, 0) is 19.1 Å². The van der Waals surface area contributed by atoms with E-state index in [9.17, 15) is 14.4 Å². The summed E-state index contributed by atoms with van der Waals surface area (Å²) >= 11 is 0. The Labute approximate surface area is 208 Å². The van der Waals surface area contributed by atoms with Crippen molar-refractivity contribution in [3.63, 3.8) is 0 Å². The SMILES string of the molecule is CCOC(=O)C(C)C(CC(C)C=O)OC(=O)c1ccccc1P(c1ccccc1)c1ccccc1. The van der Waals surface area contributed by atoms with Crippen LogP contribution in [0.1, 0.15) is 37.6 Å². The molecule has 3 aromatic rings. The van der Waals surface area contributed by atoms with E-state index in [1.165, 1.54) is 0 Å². The van der Waals surface area contributed by atoms with Crippen LogP contribution in [0.4, 0.5) is 0 Å². The lowest BCUT2D eigenvalue weighted by atomic mass is 9.95. The Bertz CT molecular complexity index is 1080. The first-order valence-corrected chi connectivity index (χ1v) is 13.1. The average Bonchev–Trinajstić information content (AvgIpc) is 2.89. The molecule has 0 aliphatic heterocycles. The molecular weight excluding hydrogens is 459 g/mol. The van der Waals surface area contributed by atoms with Crippen molar-refractivity contribution in [3.8, 4) is 0 Å². The van der Waals surface area contributed by atoms with Gasteiger partial charge in [-0.2, -0.15) is 0 Å². The second-order valence-electron chi connectivity index (χ2n) is 8.36. The minimum atomic E-state index is -1.03. The van der Waals surface area contributed by atoms with E-state index in [0.717, 1.165) is 22.2 Å². The molecular formula is C29H31O5P. The van der Waals surface area contributed by atoms with E-state index in [1.807, 2.05) is 48.5 Å². The lowest BCUT2D eigenvalue weighted by Gasteiger charge is -2.26. The Balaban J connectivity index is 2.00. The molecule has 0 spiro atoms.